The van der Waals surface area contributed by atoms with Gasteiger partial charge < -0.3 is 29.2 Å². The van der Waals surface area contributed by atoms with E-state index in [4.69, 9.17) is 14.2 Å². The Kier molecular flexibility index (Phi) is 9.18. The van der Waals surface area contributed by atoms with Crippen molar-refractivity contribution in [1.82, 2.24) is 5.32 Å². The van der Waals surface area contributed by atoms with E-state index in [0.717, 1.165) is 0 Å². The maximum Gasteiger partial charge on any atom is 0.407 e. The van der Waals surface area contributed by atoms with Crippen LogP contribution in [0, 0.1) is 5.92 Å². The molecule has 26 heavy (non-hydrogen) atoms. The SMILES string of the molecule is C=CC[C@@H]1O[C@H](C[C@H](O)CNC(=O)OC(C)(C)C)[C@H](OC)[C@H]1CS(=O)[O-]. The minimum atomic E-state index is -2.23. The molecule has 1 aliphatic heterocycles. The van der Waals surface area contributed by atoms with Crippen LogP contribution in [0.1, 0.15) is 33.6 Å². The van der Waals surface area contributed by atoms with Gasteiger partial charge >= 0.3 is 6.09 Å². The number of aliphatic hydroxyl groups excluding tert-OH is 1. The highest BCUT2D eigenvalue weighted by Crippen LogP contribution is 2.34. The van der Waals surface area contributed by atoms with E-state index in [1.165, 1.54) is 7.11 Å². The molecule has 9 heteroatoms. The highest BCUT2D eigenvalue weighted by Gasteiger charge is 2.44. The summed E-state index contributed by atoms with van der Waals surface area (Å²) in [5, 5.41) is 12.7. The van der Waals surface area contributed by atoms with Crippen LogP contribution in [0.25, 0.3) is 0 Å². The minimum absolute atomic E-state index is 0.00448. The fraction of sp³-hybridized carbons (Fsp3) is 0.824. The van der Waals surface area contributed by atoms with Crippen molar-refractivity contribution in [2.24, 2.45) is 5.92 Å². The van der Waals surface area contributed by atoms with Crippen molar-refractivity contribution in [3.8, 4) is 0 Å². The van der Waals surface area contributed by atoms with Gasteiger partial charge in [-0.2, -0.15) is 0 Å². The number of alkyl carbamates (subject to hydrolysis) is 1. The van der Waals surface area contributed by atoms with Crippen molar-refractivity contribution in [2.45, 2.75) is 63.6 Å². The molecule has 6 atom stereocenters. The standard InChI is InChI=1S/C17H31NO7S/c1-6-7-13-12(10-26(21)22)15(23-5)14(24-13)8-11(19)9-18-16(20)25-17(2,3)4/h6,11-15,19H,1,7-10H2,2-5H3,(H,18,20)(H,21,22)/p-1/t11-,12-,13-,14+,15+/m0/s1. The fourth-order valence-electron chi connectivity index (χ4n) is 3.03. The van der Waals surface area contributed by atoms with E-state index in [9.17, 15) is 18.7 Å². The van der Waals surface area contributed by atoms with E-state index in [1.807, 2.05) is 0 Å². The molecule has 8 nitrogen and oxygen atoms in total. The third-order valence-electron chi connectivity index (χ3n) is 4.00. The van der Waals surface area contributed by atoms with E-state index >= 15 is 0 Å². The van der Waals surface area contributed by atoms with Gasteiger partial charge in [0.25, 0.3) is 0 Å². The van der Waals surface area contributed by atoms with E-state index in [-0.39, 0.29) is 30.7 Å². The first-order chi connectivity index (χ1) is 12.1. The van der Waals surface area contributed by atoms with E-state index in [2.05, 4.69) is 11.9 Å². The topological polar surface area (TPSA) is 117 Å². The van der Waals surface area contributed by atoms with Crippen LogP contribution >= 0.6 is 0 Å². The van der Waals surface area contributed by atoms with Crippen molar-refractivity contribution in [1.29, 1.82) is 0 Å². The number of hydrogen-bond acceptors (Lipinski definition) is 7. The number of ether oxygens (including phenoxy) is 3. The number of amides is 1. The molecule has 1 aliphatic rings. The van der Waals surface area contributed by atoms with Gasteiger partial charge in [0.05, 0.1) is 24.4 Å². The monoisotopic (exact) mass is 392 g/mol. The molecule has 1 heterocycles. The van der Waals surface area contributed by atoms with Crippen LogP contribution in [0.4, 0.5) is 4.79 Å². The van der Waals surface area contributed by atoms with Gasteiger partial charge in [0.1, 0.15) is 5.60 Å². The van der Waals surface area contributed by atoms with Crippen molar-refractivity contribution < 1.29 is 32.9 Å². The summed E-state index contributed by atoms with van der Waals surface area (Å²) in [6, 6.07) is 0. The Balaban J connectivity index is 2.62. The third-order valence-corrected chi connectivity index (χ3v) is 4.66. The fourth-order valence-corrected chi connectivity index (χ4v) is 3.75. The molecule has 0 bridgehead atoms. The second-order valence-electron chi connectivity index (χ2n) is 7.34. The molecule has 1 amide bonds. The quantitative estimate of drug-likeness (QED) is 0.446. The lowest BCUT2D eigenvalue weighted by Crippen LogP contribution is -2.40. The van der Waals surface area contributed by atoms with Gasteiger partial charge in [-0.1, -0.05) is 17.2 Å². The number of rotatable bonds is 9. The summed E-state index contributed by atoms with van der Waals surface area (Å²) in [4.78, 5) is 11.7. The summed E-state index contributed by atoms with van der Waals surface area (Å²) < 4.78 is 38.7. The average molecular weight is 392 g/mol. The molecule has 152 valence electrons. The molecule has 0 aromatic carbocycles. The molecule has 0 aliphatic carbocycles. The van der Waals surface area contributed by atoms with Crippen molar-refractivity contribution in [3.63, 3.8) is 0 Å². The Labute approximate surface area is 157 Å². The molecule has 2 N–H and O–H groups in total. The zero-order valence-electron chi connectivity index (χ0n) is 15.8. The Morgan fingerprint density at radius 2 is 2.12 bits per heavy atom. The lowest BCUT2D eigenvalue weighted by atomic mass is 9.94. The van der Waals surface area contributed by atoms with Crippen molar-refractivity contribution in [3.05, 3.63) is 12.7 Å². The molecule has 0 aromatic heterocycles. The number of aliphatic hydroxyl groups is 1. The van der Waals surface area contributed by atoms with E-state index in [0.29, 0.717) is 6.42 Å². The summed E-state index contributed by atoms with van der Waals surface area (Å²) in [5.41, 5.74) is -0.621. The molecule has 0 spiro atoms. The molecule has 1 rings (SSSR count). The molecule has 1 saturated heterocycles. The number of hydrogen-bond donors (Lipinski definition) is 2. The van der Waals surface area contributed by atoms with Crippen LogP contribution in [0.5, 0.6) is 0 Å². The lowest BCUT2D eigenvalue weighted by molar-refractivity contribution is -0.0310. The highest BCUT2D eigenvalue weighted by molar-refractivity contribution is 7.79. The summed E-state index contributed by atoms with van der Waals surface area (Å²) in [6.07, 6.45) is -0.424. The second-order valence-corrected chi connectivity index (χ2v) is 8.29. The number of methoxy groups -OCH3 is 1. The zero-order chi connectivity index (χ0) is 19.9. The van der Waals surface area contributed by atoms with Gasteiger partial charge in [-0.15, -0.1) is 6.58 Å². The van der Waals surface area contributed by atoms with Crippen LogP contribution < -0.4 is 5.32 Å². The average Bonchev–Trinajstić information content (AvgIpc) is 2.80. The van der Waals surface area contributed by atoms with Gasteiger partial charge in [0.15, 0.2) is 0 Å². The van der Waals surface area contributed by atoms with Gasteiger partial charge in [0, 0.05) is 31.7 Å². The highest BCUT2D eigenvalue weighted by atomic mass is 32.2. The summed E-state index contributed by atoms with van der Waals surface area (Å²) in [6.45, 7) is 8.91. The Hall–Kier alpha value is -1.00. The van der Waals surface area contributed by atoms with Crippen LogP contribution in [0.2, 0.25) is 0 Å². The van der Waals surface area contributed by atoms with Gasteiger partial charge in [-0.05, 0) is 27.2 Å². The molecule has 0 radical (unpaired) electrons. The first-order valence-corrected chi connectivity index (χ1v) is 9.81. The summed E-state index contributed by atoms with van der Waals surface area (Å²) in [5.74, 6) is -0.424. The first-order valence-electron chi connectivity index (χ1n) is 8.57. The van der Waals surface area contributed by atoms with Gasteiger partial charge in [-0.3, -0.25) is 4.21 Å². The largest absolute Gasteiger partial charge is 0.772 e. The zero-order valence-corrected chi connectivity index (χ0v) is 16.6. The number of carbonyl (C=O) groups is 1. The predicted molar refractivity (Wildman–Crippen MR) is 96.4 cm³/mol. The Morgan fingerprint density at radius 3 is 2.62 bits per heavy atom. The van der Waals surface area contributed by atoms with E-state index < -0.39 is 41.1 Å². The predicted octanol–water partition coefficient (Wildman–Crippen LogP) is 1.12. The van der Waals surface area contributed by atoms with Crippen LogP contribution in [0.3, 0.4) is 0 Å². The van der Waals surface area contributed by atoms with Crippen LogP contribution in [-0.2, 0) is 25.3 Å². The van der Waals surface area contributed by atoms with Crippen molar-refractivity contribution in [2.75, 3.05) is 19.4 Å². The molecular formula is C17H30NO7S-. The number of carbonyl (C=O) groups excluding carboxylic acids is 1. The first kappa shape index (κ1) is 23.0. The molecular weight excluding hydrogens is 362 g/mol. The molecule has 0 saturated carbocycles. The van der Waals surface area contributed by atoms with Gasteiger partial charge in [0.2, 0.25) is 0 Å². The summed E-state index contributed by atoms with van der Waals surface area (Å²) >= 11 is -2.23. The lowest BCUT2D eigenvalue weighted by Gasteiger charge is -2.25. The van der Waals surface area contributed by atoms with Gasteiger partial charge in [-0.25, -0.2) is 4.79 Å². The Morgan fingerprint density at radius 1 is 1.46 bits per heavy atom. The Bertz CT molecular complexity index is 494. The van der Waals surface area contributed by atoms with Crippen LogP contribution in [0.15, 0.2) is 12.7 Å². The maximum absolute atomic E-state index is 11.7. The van der Waals surface area contributed by atoms with Crippen molar-refractivity contribution >= 4 is 17.2 Å². The third kappa shape index (κ3) is 7.71. The summed E-state index contributed by atoms with van der Waals surface area (Å²) in [7, 11) is 1.49. The van der Waals surface area contributed by atoms with E-state index in [1.54, 1.807) is 26.8 Å². The molecule has 0 aromatic rings. The smallest absolute Gasteiger partial charge is 0.407 e. The van der Waals surface area contributed by atoms with Crippen LogP contribution in [-0.4, -0.2) is 69.4 Å². The second kappa shape index (κ2) is 10.4. The molecule has 1 unspecified atom stereocenters. The normalized spacial score (nSPS) is 28.4. The number of nitrogens with one attached hydrogen (secondary N) is 1. The molecule has 1 fully saturated rings. The minimum Gasteiger partial charge on any atom is -0.772 e. The maximum atomic E-state index is 11.7.